The third-order valence-corrected chi connectivity index (χ3v) is 4.42. The smallest absolute Gasteiger partial charge is 0.124 e. The van der Waals surface area contributed by atoms with Gasteiger partial charge in [-0.3, -0.25) is 4.90 Å². The van der Waals surface area contributed by atoms with Crippen LogP contribution in [0.25, 0.3) is 0 Å². The van der Waals surface area contributed by atoms with Crippen LogP contribution in [0.4, 0.5) is 4.39 Å². The van der Waals surface area contributed by atoms with E-state index >= 15 is 0 Å². The summed E-state index contributed by atoms with van der Waals surface area (Å²) in [5.41, 5.74) is 1.03. The first-order chi connectivity index (χ1) is 8.54. The molecule has 0 bridgehead atoms. The first-order valence-corrected chi connectivity index (χ1v) is 7.59. The summed E-state index contributed by atoms with van der Waals surface area (Å²) in [6.07, 6.45) is 2.28. The average molecular weight is 335 g/mol. The summed E-state index contributed by atoms with van der Waals surface area (Å²) in [6, 6.07) is 5.09. The Morgan fingerprint density at radius 3 is 2.61 bits per heavy atom. The van der Waals surface area contributed by atoms with Crippen LogP contribution in [0.5, 0.6) is 0 Å². The molecule has 0 aliphatic carbocycles. The largest absolute Gasteiger partial charge is 0.299 e. The zero-order valence-corrected chi connectivity index (χ0v) is 12.8. The van der Waals surface area contributed by atoms with Gasteiger partial charge in [0.25, 0.3) is 0 Å². The van der Waals surface area contributed by atoms with E-state index in [1.54, 1.807) is 6.07 Å². The molecule has 0 aromatic heterocycles. The summed E-state index contributed by atoms with van der Waals surface area (Å²) in [4.78, 5) is 2.37. The lowest BCUT2D eigenvalue weighted by Crippen LogP contribution is -2.35. The summed E-state index contributed by atoms with van der Waals surface area (Å²) in [6.45, 7) is 5.00. The second-order valence-electron chi connectivity index (χ2n) is 5.07. The topological polar surface area (TPSA) is 3.24 Å². The lowest BCUT2D eigenvalue weighted by molar-refractivity contribution is 0.176. The maximum Gasteiger partial charge on any atom is 0.124 e. The number of rotatable bonds is 3. The molecule has 1 aliphatic heterocycles. The van der Waals surface area contributed by atoms with Gasteiger partial charge in [-0.15, -0.1) is 11.6 Å². The van der Waals surface area contributed by atoms with Crippen molar-refractivity contribution in [1.82, 2.24) is 4.90 Å². The van der Waals surface area contributed by atoms with E-state index in [1.807, 2.05) is 6.07 Å². The van der Waals surface area contributed by atoms with Gasteiger partial charge < -0.3 is 0 Å². The molecule has 1 saturated heterocycles. The highest BCUT2D eigenvalue weighted by Crippen LogP contribution is 2.25. The molecule has 2 rings (SSSR count). The minimum atomic E-state index is -0.177. The van der Waals surface area contributed by atoms with Crippen molar-refractivity contribution < 1.29 is 4.39 Å². The maximum atomic E-state index is 13.3. The molecule has 1 aliphatic rings. The highest BCUT2D eigenvalue weighted by atomic mass is 79.9. The van der Waals surface area contributed by atoms with Gasteiger partial charge in [-0.05, 0) is 62.5 Å². The van der Waals surface area contributed by atoms with E-state index in [2.05, 4.69) is 27.8 Å². The predicted octanol–water partition coefficient (Wildman–Crippen LogP) is 4.43. The molecule has 1 heterocycles. The van der Waals surface area contributed by atoms with Gasteiger partial charge in [0.05, 0.1) is 0 Å². The number of hydrogen-bond donors (Lipinski definition) is 0. The zero-order chi connectivity index (χ0) is 13.1. The number of nitrogens with zero attached hydrogens (tertiary/aromatic N) is 1. The van der Waals surface area contributed by atoms with Gasteiger partial charge in [-0.1, -0.05) is 15.9 Å². The van der Waals surface area contributed by atoms with Crippen LogP contribution in [0.15, 0.2) is 22.7 Å². The van der Waals surface area contributed by atoms with Crippen molar-refractivity contribution >= 4 is 27.5 Å². The van der Waals surface area contributed by atoms with Crippen molar-refractivity contribution in [3.63, 3.8) is 0 Å². The summed E-state index contributed by atoms with van der Waals surface area (Å²) in [5.74, 6) is 0.450. The minimum Gasteiger partial charge on any atom is -0.299 e. The molecule has 1 unspecified atom stereocenters. The van der Waals surface area contributed by atoms with Crippen molar-refractivity contribution in [3.8, 4) is 0 Å². The first kappa shape index (κ1) is 14.3. The normalized spacial score (nSPS) is 20.0. The molecule has 1 aromatic rings. The second kappa shape index (κ2) is 6.36. The quantitative estimate of drug-likeness (QED) is 0.739. The Bertz CT molecular complexity index is 383. The van der Waals surface area contributed by atoms with Crippen molar-refractivity contribution in [2.24, 2.45) is 5.92 Å². The van der Waals surface area contributed by atoms with Crippen LogP contribution in [0, 0.1) is 11.7 Å². The van der Waals surface area contributed by atoms with Gasteiger partial charge in [-0.2, -0.15) is 0 Å². The fraction of sp³-hybridized carbons (Fsp3) is 0.571. The summed E-state index contributed by atoms with van der Waals surface area (Å²) < 4.78 is 14.1. The van der Waals surface area contributed by atoms with E-state index in [9.17, 15) is 4.39 Å². The van der Waals surface area contributed by atoms with Gasteiger partial charge in [0.2, 0.25) is 0 Å². The molecule has 1 nitrogen and oxygen atoms in total. The second-order valence-corrected chi connectivity index (χ2v) is 6.67. The molecule has 0 spiro atoms. The van der Waals surface area contributed by atoms with Crippen LogP contribution in [-0.2, 0) is 6.54 Å². The van der Waals surface area contributed by atoms with Crippen LogP contribution in [0.2, 0.25) is 0 Å². The van der Waals surface area contributed by atoms with E-state index < -0.39 is 0 Å². The number of likely N-dealkylation sites (tertiary alicyclic amines) is 1. The average Bonchev–Trinajstić information content (AvgIpc) is 2.28. The molecule has 1 fully saturated rings. The Balaban J connectivity index is 1.91. The highest BCUT2D eigenvalue weighted by molar-refractivity contribution is 9.10. The fourth-order valence-corrected chi connectivity index (χ4v) is 3.30. The molecular weight excluding hydrogens is 317 g/mol. The Morgan fingerprint density at radius 2 is 2.06 bits per heavy atom. The number of piperidine rings is 1. The summed E-state index contributed by atoms with van der Waals surface area (Å²) in [7, 11) is 0. The van der Waals surface area contributed by atoms with Gasteiger partial charge in [-0.25, -0.2) is 4.39 Å². The van der Waals surface area contributed by atoms with Crippen molar-refractivity contribution in [1.29, 1.82) is 0 Å². The van der Waals surface area contributed by atoms with E-state index in [0.717, 1.165) is 42.5 Å². The minimum absolute atomic E-state index is 0.177. The van der Waals surface area contributed by atoms with Gasteiger partial charge in [0.1, 0.15) is 5.82 Å². The third kappa shape index (κ3) is 3.94. The zero-order valence-electron chi connectivity index (χ0n) is 10.5. The molecular formula is C14H18BrClFN. The predicted molar refractivity (Wildman–Crippen MR) is 77.4 cm³/mol. The number of hydrogen-bond acceptors (Lipinski definition) is 1. The van der Waals surface area contributed by atoms with Crippen molar-refractivity contribution in [2.45, 2.75) is 31.7 Å². The van der Waals surface area contributed by atoms with Gasteiger partial charge >= 0.3 is 0 Å². The monoisotopic (exact) mass is 333 g/mol. The standard InChI is InChI=1S/C14H18BrClFN/c1-10(16)12-2-4-18(5-3-12)9-11-6-13(15)8-14(17)7-11/h6-8,10,12H,2-5,9H2,1H3. The molecule has 4 heteroatoms. The van der Waals surface area contributed by atoms with Crippen LogP contribution in [-0.4, -0.2) is 23.4 Å². The molecule has 18 heavy (non-hydrogen) atoms. The van der Waals surface area contributed by atoms with E-state index in [0.29, 0.717) is 5.92 Å². The lowest BCUT2D eigenvalue weighted by atomic mass is 9.94. The van der Waals surface area contributed by atoms with Crippen molar-refractivity contribution in [2.75, 3.05) is 13.1 Å². The Kier molecular flexibility index (Phi) is 5.05. The SMILES string of the molecule is CC(Cl)C1CCN(Cc2cc(F)cc(Br)c2)CC1. The third-order valence-electron chi connectivity index (χ3n) is 3.61. The summed E-state index contributed by atoms with van der Waals surface area (Å²) in [5, 5.41) is 0.260. The molecule has 1 aromatic carbocycles. The Labute approximate surface area is 121 Å². The molecule has 0 saturated carbocycles. The molecule has 0 amide bonds. The number of alkyl halides is 1. The van der Waals surface area contributed by atoms with Crippen LogP contribution in [0.3, 0.4) is 0 Å². The number of benzene rings is 1. The Hall–Kier alpha value is -0.120. The van der Waals surface area contributed by atoms with Gasteiger partial charge in [0.15, 0.2) is 0 Å². The van der Waals surface area contributed by atoms with Crippen LogP contribution < -0.4 is 0 Å². The van der Waals surface area contributed by atoms with Gasteiger partial charge in [0, 0.05) is 16.4 Å². The summed E-state index contributed by atoms with van der Waals surface area (Å²) >= 11 is 9.46. The van der Waals surface area contributed by atoms with E-state index in [-0.39, 0.29) is 11.2 Å². The molecule has 100 valence electrons. The molecule has 1 atom stereocenters. The molecule has 0 N–H and O–H groups in total. The Morgan fingerprint density at radius 1 is 1.39 bits per heavy atom. The highest BCUT2D eigenvalue weighted by Gasteiger charge is 2.22. The number of halogens is 3. The van der Waals surface area contributed by atoms with E-state index in [1.165, 1.54) is 6.07 Å². The lowest BCUT2D eigenvalue weighted by Gasteiger charge is -2.33. The fourth-order valence-electron chi connectivity index (χ4n) is 2.53. The maximum absolute atomic E-state index is 13.3. The van der Waals surface area contributed by atoms with E-state index in [4.69, 9.17) is 11.6 Å². The molecule has 0 radical (unpaired) electrons. The van der Waals surface area contributed by atoms with Crippen LogP contribution >= 0.6 is 27.5 Å². The van der Waals surface area contributed by atoms with Crippen LogP contribution in [0.1, 0.15) is 25.3 Å². The first-order valence-electron chi connectivity index (χ1n) is 6.36. The van der Waals surface area contributed by atoms with Crippen molar-refractivity contribution in [3.05, 3.63) is 34.1 Å².